The van der Waals surface area contributed by atoms with E-state index in [-0.39, 0.29) is 18.1 Å². The number of carbonyl (C=O) groups is 1. The van der Waals surface area contributed by atoms with E-state index >= 15 is 0 Å². The van der Waals surface area contributed by atoms with E-state index in [2.05, 4.69) is 14.9 Å². The molecule has 7 nitrogen and oxygen atoms in total. The highest BCUT2D eigenvalue weighted by Crippen LogP contribution is 2.44. The Hall–Kier alpha value is -2.83. The van der Waals surface area contributed by atoms with Crippen molar-refractivity contribution in [1.82, 2.24) is 9.97 Å². The zero-order valence-corrected chi connectivity index (χ0v) is 13.7. The number of carbonyl (C=O) groups excluding carboxylic acids is 1. The van der Waals surface area contributed by atoms with Crippen molar-refractivity contribution < 1.29 is 14.3 Å². The van der Waals surface area contributed by atoms with Gasteiger partial charge in [-0.25, -0.2) is 4.98 Å². The minimum atomic E-state index is -0.0228. The van der Waals surface area contributed by atoms with Gasteiger partial charge in [0.15, 0.2) is 11.5 Å². The molecule has 7 heteroatoms. The Morgan fingerprint density at radius 3 is 2.92 bits per heavy atom. The van der Waals surface area contributed by atoms with Gasteiger partial charge in [0.25, 0.3) is 0 Å². The predicted molar refractivity (Wildman–Crippen MR) is 90.8 cm³/mol. The molecule has 128 valence electrons. The normalized spacial score (nSPS) is 24.6. The Morgan fingerprint density at radius 2 is 2.04 bits per heavy atom. The first-order valence-corrected chi connectivity index (χ1v) is 8.44. The van der Waals surface area contributed by atoms with Gasteiger partial charge >= 0.3 is 0 Å². The monoisotopic (exact) mass is 338 g/mol. The lowest BCUT2D eigenvalue weighted by Crippen LogP contribution is -2.31. The molecule has 3 aliphatic rings. The number of rotatable bonds is 2. The number of benzene rings is 1. The van der Waals surface area contributed by atoms with Gasteiger partial charge in [-0.2, -0.15) is 0 Å². The Kier molecular flexibility index (Phi) is 3.10. The zero-order chi connectivity index (χ0) is 16.9. The average Bonchev–Trinajstić information content (AvgIpc) is 3.34. The number of ether oxygens (including phenoxy) is 2. The Bertz CT molecular complexity index is 828. The summed E-state index contributed by atoms with van der Waals surface area (Å²) in [5, 5.41) is 0. The number of amides is 1. The van der Waals surface area contributed by atoms with E-state index in [0.717, 1.165) is 43.3 Å². The molecule has 2 aromatic rings. The summed E-state index contributed by atoms with van der Waals surface area (Å²) in [5.74, 6) is 2.49. The minimum Gasteiger partial charge on any atom is -0.454 e. The number of fused-ring (bicyclic) bond motifs is 1. The topological polar surface area (TPSA) is 67.8 Å². The Labute approximate surface area is 145 Å². The van der Waals surface area contributed by atoms with Gasteiger partial charge < -0.3 is 19.3 Å². The lowest BCUT2D eigenvalue weighted by molar-refractivity contribution is -0.117. The van der Waals surface area contributed by atoms with Gasteiger partial charge in [-0.15, -0.1) is 0 Å². The molecule has 1 aromatic carbocycles. The van der Waals surface area contributed by atoms with E-state index in [4.69, 9.17) is 9.47 Å². The van der Waals surface area contributed by atoms with Crippen molar-refractivity contribution in [3.63, 3.8) is 0 Å². The number of anilines is 2. The molecular formula is C18H18N4O3. The molecule has 25 heavy (non-hydrogen) atoms. The number of nitrogens with zero attached hydrogens (tertiary/aromatic N) is 4. The minimum absolute atomic E-state index is 0.0228. The lowest BCUT2D eigenvalue weighted by atomic mass is 9.86. The second-order valence-corrected chi connectivity index (χ2v) is 6.93. The van der Waals surface area contributed by atoms with Crippen LogP contribution in [0.3, 0.4) is 0 Å². The van der Waals surface area contributed by atoms with E-state index in [0.29, 0.717) is 12.2 Å². The van der Waals surface area contributed by atoms with Crippen molar-refractivity contribution >= 4 is 17.4 Å². The van der Waals surface area contributed by atoms with Gasteiger partial charge in [-0.3, -0.25) is 9.78 Å². The van der Waals surface area contributed by atoms with Gasteiger partial charge in [0, 0.05) is 55.6 Å². The van der Waals surface area contributed by atoms with E-state index in [9.17, 15) is 4.79 Å². The predicted octanol–water partition coefficient (Wildman–Crippen LogP) is 1.84. The maximum absolute atomic E-state index is 12.7. The van der Waals surface area contributed by atoms with Gasteiger partial charge in [-0.1, -0.05) is 0 Å². The van der Waals surface area contributed by atoms with Gasteiger partial charge in [0.2, 0.25) is 12.7 Å². The molecule has 0 radical (unpaired) electrons. The maximum atomic E-state index is 12.7. The average molecular weight is 338 g/mol. The number of aromatic nitrogens is 2. The largest absolute Gasteiger partial charge is 0.454 e. The second-order valence-electron chi connectivity index (χ2n) is 6.93. The highest BCUT2D eigenvalue weighted by atomic mass is 16.7. The molecule has 0 saturated carbocycles. The molecule has 0 aliphatic carbocycles. The van der Waals surface area contributed by atoms with Crippen molar-refractivity contribution in [3.05, 3.63) is 36.8 Å². The molecular weight excluding hydrogens is 320 g/mol. The lowest BCUT2D eigenvalue weighted by Gasteiger charge is -2.24. The number of hydrogen-bond acceptors (Lipinski definition) is 6. The first-order valence-electron chi connectivity index (χ1n) is 8.44. The summed E-state index contributed by atoms with van der Waals surface area (Å²) >= 11 is 0. The summed E-state index contributed by atoms with van der Waals surface area (Å²) in [6, 6.07) is 5.70. The fraction of sp³-hybridized carbons (Fsp3) is 0.389. The molecule has 1 spiro atoms. The second kappa shape index (κ2) is 5.34. The van der Waals surface area contributed by atoms with Crippen LogP contribution >= 0.6 is 0 Å². The highest BCUT2D eigenvalue weighted by Gasteiger charge is 2.48. The molecule has 5 rings (SSSR count). The van der Waals surface area contributed by atoms with Gasteiger partial charge in [-0.05, 0) is 18.6 Å². The van der Waals surface area contributed by atoms with Crippen LogP contribution in [0.2, 0.25) is 0 Å². The summed E-state index contributed by atoms with van der Waals surface area (Å²) < 4.78 is 10.8. The van der Waals surface area contributed by atoms with Crippen LogP contribution in [0, 0.1) is 5.41 Å². The first-order chi connectivity index (χ1) is 12.2. The Balaban J connectivity index is 1.37. The maximum Gasteiger partial charge on any atom is 0.231 e. The fourth-order valence-corrected chi connectivity index (χ4v) is 4.04. The third-order valence-corrected chi connectivity index (χ3v) is 5.30. The van der Waals surface area contributed by atoms with Crippen molar-refractivity contribution in [2.45, 2.75) is 12.8 Å². The SMILES string of the molecule is O=C1C[C@@]2(CCN(c3cnccn3)C2)CN1c1ccc2c(c1)OCO2. The summed E-state index contributed by atoms with van der Waals surface area (Å²) in [4.78, 5) is 25.3. The molecule has 1 amide bonds. The summed E-state index contributed by atoms with van der Waals surface area (Å²) in [6.07, 6.45) is 6.72. The van der Waals surface area contributed by atoms with Gasteiger partial charge in [0.1, 0.15) is 5.82 Å². The van der Waals surface area contributed by atoms with Gasteiger partial charge in [0.05, 0.1) is 6.20 Å². The summed E-state index contributed by atoms with van der Waals surface area (Å²) in [5.41, 5.74) is 0.856. The van der Waals surface area contributed by atoms with Crippen LogP contribution in [-0.4, -0.2) is 42.3 Å². The molecule has 2 fully saturated rings. The van der Waals surface area contributed by atoms with Crippen LogP contribution in [-0.2, 0) is 4.79 Å². The molecule has 1 atom stereocenters. The molecule has 4 heterocycles. The first kappa shape index (κ1) is 14.5. The van der Waals surface area contributed by atoms with Crippen LogP contribution in [0.25, 0.3) is 0 Å². The fourth-order valence-electron chi connectivity index (χ4n) is 4.04. The van der Waals surface area contributed by atoms with Crippen LogP contribution in [0.1, 0.15) is 12.8 Å². The van der Waals surface area contributed by atoms with Crippen LogP contribution in [0.15, 0.2) is 36.8 Å². The standard InChI is InChI=1S/C18H18N4O3/c23-17-8-18(3-6-21(10-18)16-9-19-4-5-20-16)11-22(17)13-1-2-14-15(7-13)25-12-24-14/h1-2,4-5,7,9H,3,6,8,10-12H2/t18-/m1/s1. The number of hydrogen-bond donors (Lipinski definition) is 0. The molecule has 0 unspecified atom stereocenters. The third-order valence-electron chi connectivity index (χ3n) is 5.30. The molecule has 1 aromatic heterocycles. The molecule has 2 saturated heterocycles. The van der Waals surface area contributed by atoms with Crippen LogP contribution < -0.4 is 19.3 Å². The van der Waals surface area contributed by atoms with Crippen molar-refractivity contribution in [2.75, 3.05) is 36.2 Å². The van der Waals surface area contributed by atoms with E-state index in [1.165, 1.54) is 0 Å². The molecule has 3 aliphatic heterocycles. The van der Waals surface area contributed by atoms with Crippen molar-refractivity contribution in [1.29, 1.82) is 0 Å². The molecule has 0 bridgehead atoms. The molecule has 0 N–H and O–H groups in total. The van der Waals surface area contributed by atoms with Crippen LogP contribution in [0.4, 0.5) is 11.5 Å². The summed E-state index contributed by atoms with van der Waals surface area (Å²) in [6.45, 7) is 2.70. The highest BCUT2D eigenvalue weighted by molar-refractivity contribution is 5.97. The van der Waals surface area contributed by atoms with Crippen LogP contribution in [0.5, 0.6) is 11.5 Å². The smallest absolute Gasteiger partial charge is 0.231 e. The van der Waals surface area contributed by atoms with E-state index in [1.807, 2.05) is 23.1 Å². The summed E-state index contributed by atoms with van der Waals surface area (Å²) in [7, 11) is 0. The van der Waals surface area contributed by atoms with E-state index in [1.54, 1.807) is 18.6 Å². The zero-order valence-electron chi connectivity index (χ0n) is 13.7. The third kappa shape index (κ3) is 2.38. The van der Waals surface area contributed by atoms with E-state index < -0.39 is 0 Å². The Morgan fingerprint density at radius 1 is 1.12 bits per heavy atom. The quantitative estimate of drug-likeness (QED) is 0.832. The van der Waals surface area contributed by atoms with Crippen molar-refractivity contribution in [3.8, 4) is 11.5 Å². The van der Waals surface area contributed by atoms with Crippen molar-refractivity contribution in [2.24, 2.45) is 5.41 Å².